The molecule has 0 atom stereocenters. The minimum Gasteiger partial charge on any atom is -0.351 e. The molecule has 18 heavy (non-hydrogen) atoms. The van der Waals surface area contributed by atoms with E-state index < -0.39 is 0 Å². The molecule has 100 valence electrons. The Balaban J connectivity index is 1.81. The van der Waals surface area contributed by atoms with E-state index in [0.29, 0.717) is 12.6 Å². The summed E-state index contributed by atoms with van der Waals surface area (Å²) in [6, 6.07) is 2.45. The Labute approximate surface area is 113 Å². The molecule has 1 aliphatic rings. The van der Waals surface area contributed by atoms with Gasteiger partial charge in [0.1, 0.15) is 0 Å². The van der Waals surface area contributed by atoms with Crippen LogP contribution in [-0.4, -0.2) is 11.9 Å². The first kappa shape index (κ1) is 13.6. The molecule has 0 saturated heterocycles. The van der Waals surface area contributed by atoms with Crippen LogP contribution in [0.25, 0.3) is 0 Å². The summed E-state index contributed by atoms with van der Waals surface area (Å²) in [6.45, 7) is 2.83. The number of nitrogens with one attached hydrogen (secondary N) is 1. The Morgan fingerprint density at radius 3 is 2.83 bits per heavy atom. The molecule has 0 radical (unpaired) electrons. The standard InChI is InChI=1S/C14H22N2OS/c1-2-10-7-8-18-13(10)9-16-14(17)11-3-5-12(15)6-4-11/h7-8,11-12H,2-6,9,15H2,1H3,(H,16,17). The van der Waals surface area contributed by atoms with Crippen molar-refractivity contribution in [3.63, 3.8) is 0 Å². The Morgan fingerprint density at radius 1 is 1.44 bits per heavy atom. The molecule has 1 saturated carbocycles. The SMILES string of the molecule is CCc1ccsc1CNC(=O)C1CCC(N)CC1. The van der Waals surface area contributed by atoms with Crippen LogP contribution in [0.3, 0.4) is 0 Å². The van der Waals surface area contributed by atoms with Gasteiger partial charge in [0.05, 0.1) is 6.54 Å². The average Bonchev–Trinajstić information content (AvgIpc) is 2.84. The first-order chi connectivity index (χ1) is 8.70. The van der Waals surface area contributed by atoms with E-state index in [4.69, 9.17) is 5.73 Å². The maximum Gasteiger partial charge on any atom is 0.223 e. The van der Waals surface area contributed by atoms with Crippen molar-refractivity contribution < 1.29 is 4.79 Å². The highest BCUT2D eigenvalue weighted by atomic mass is 32.1. The van der Waals surface area contributed by atoms with E-state index >= 15 is 0 Å². The maximum absolute atomic E-state index is 12.1. The second-order valence-corrected chi connectivity index (χ2v) is 6.05. The highest BCUT2D eigenvalue weighted by molar-refractivity contribution is 7.10. The first-order valence-electron chi connectivity index (χ1n) is 6.79. The molecular weight excluding hydrogens is 244 g/mol. The van der Waals surface area contributed by atoms with Crippen LogP contribution in [0.1, 0.15) is 43.0 Å². The van der Waals surface area contributed by atoms with E-state index in [1.54, 1.807) is 11.3 Å². The number of rotatable bonds is 4. The topological polar surface area (TPSA) is 55.1 Å². The third-order valence-electron chi connectivity index (χ3n) is 3.78. The molecule has 3 nitrogen and oxygen atoms in total. The van der Waals surface area contributed by atoms with Crippen LogP contribution >= 0.6 is 11.3 Å². The smallest absolute Gasteiger partial charge is 0.223 e. The molecule has 1 aromatic heterocycles. The van der Waals surface area contributed by atoms with Gasteiger partial charge in [-0.05, 0) is 49.1 Å². The first-order valence-corrected chi connectivity index (χ1v) is 7.67. The molecule has 4 heteroatoms. The van der Waals surface area contributed by atoms with Crippen LogP contribution in [-0.2, 0) is 17.8 Å². The molecule has 1 heterocycles. The predicted molar refractivity (Wildman–Crippen MR) is 75.5 cm³/mol. The lowest BCUT2D eigenvalue weighted by Crippen LogP contribution is -2.35. The normalized spacial score (nSPS) is 23.9. The molecule has 1 fully saturated rings. The van der Waals surface area contributed by atoms with Gasteiger partial charge in [0.2, 0.25) is 5.91 Å². The van der Waals surface area contributed by atoms with Crippen LogP contribution in [0.5, 0.6) is 0 Å². The number of carbonyl (C=O) groups excluding carboxylic acids is 1. The van der Waals surface area contributed by atoms with Crippen molar-refractivity contribution in [1.29, 1.82) is 0 Å². The van der Waals surface area contributed by atoms with E-state index in [9.17, 15) is 4.79 Å². The second kappa shape index (κ2) is 6.34. The van der Waals surface area contributed by atoms with Gasteiger partial charge in [-0.1, -0.05) is 6.92 Å². The van der Waals surface area contributed by atoms with E-state index in [1.165, 1.54) is 10.4 Å². The van der Waals surface area contributed by atoms with Gasteiger partial charge >= 0.3 is 0 Å². The van der Waals surface area contributed by atoms with Crippen molar-refractivity contribution in [3.05, 3.63) is 21.9 Å². The molecule has 0 spiro atoms. The zero-order chi connectivity index (χ0) is 13.0. The number of amides is 1. The van der Waals surface area contributed by atoms with Crippen LogP contribution in [0.15, 0.2) is 11.4 Å². The van der Waals surface area contributed by atoms with Gasteiger partial charge in [0.15, 0.2) is 0 Å². The van der Waals surface area contributed by atoms with Gasteiger partial charge < -0.3 is 11.1 Å². The monoisotopic (exact) mass is 266 g/mol. The van der Waals surface area contributed by atoms with E-state index in [2.05, 4.69) is 23.7 Å². The molecule has 0 unspecified atom stereocenters. The average molecular weight is 266 g/mol. The predicted octanol–water partition coefficient (Wildman–Crippen LogP) is 2.44. The van der Waals surface area contributed by atoms with Crippen LogP contribution in [0, 0.1) is 5.92 Å². The van der Waals surface area contributed by atoms with Crippen LogP contribution in [0.4, 0.5) is 0 Å². The highest BCUT2D eigenvalue weighted by Gasteiger charge is 2.24. The minimum absolute atomic E-state index is 0.176. The van der Waals surface area contributed by atoms with E-state index in [0.717, 1.165) is 32.1 Å². The van der Waals surface area contributed by atoms with Crippen LogP contribution in [0.2, 0.25) is 0 Å². The number of aryl methyl sites for hydroxylation is 1. The minimum atomic E-state index is 0.176. The van der Waals surface area contributed by atoms with Crippen molar-refractivity contribution in [2.24, 2.45) is 11.7 Å². The quantitative estimate of drug-likeness (QED) is 0.879. The van der Waals surface area contributed by atoms with Crippen molar-refractivity contribution in [2.75, 3.05) is 0 Å². The summed E-state index contributed by atoms with van der Waals surface area (Å²) >= 11 is 1.73. The Kier molecular flexibility index (Phi) is 4.78. The summed E-state index contributed by atoms with van der Waals surface area (Å²) < 4.78 is 0. The van der Waals surface area contributed by atoms with Gasteiger partial charge in [-0.25, -0.2) is 0 Å². The molecule has 1 aliphatic carbocycles. The maximum atomic E-state index is 12.1. The Morgan fingerprint density at radius 2 is 2.17 bits per heavy atom. The summed E-state index contributed by atoms with van der Waals surface area (Å²) in [4.78, 5) is 13.3. The summed E-state index contributed by atoms with van der Waals surface area (Å²) in [6.07, 6.45) is 4.89. The zero-order valence-electron chi connectivity index (χ0n) is 10.9. The fourth-order valence-electron chi connectivity index (χ4n) is 2.53. The third kappa shape index (κ3) is 3.33. The van der Waals surface area contributed by atoms with Crippen molar-refractivity contribution >= 4 is 17.2 Å². The van der Waals surface area contributed by atoms with Gasteiger partial charge in [-0.3, -0.25) is 4.79 Å². The molecule has 1 amide bonds. The van der Waals surface area contributed by atoms with Crippen LogP contribution < -0.4 is 11.1 Å². The lowest BCUT2D eigenvalue weighted by molar-refractivity contribution is -0.126. The number of carbonyl (C=O) groups is 1. The fourth-order valence-corrected chi connectivity index (χ4v) is 3.45. The lowest BCUT2D eigenvalue weighted by atomic mass is 9.86. The molecule has 1 aromatic rings. The van der Waals surface area contributed by atoms with Gasteiger partial charge in [0.25, 0.3) is 0 Å². The summed E-state index contributed by atoms with van der Waals surface area (Å²) in [5.41, 5.74) is 7.21. The fraction of sp³-hybridized carbons (Fsp3) is 0.643. The summed E-state index contributed by atoms with van der Waals surface area (Å²) in [7, 11) is 0. The Bertz CT molecular complexity index is 394. The largest absolute Gasteiger partial charge is 0.351 e. The molecule has 0 aliphatic heterocycles. The third-order valence-corrected chi connectivity index (χ3v) is 4.75. The number of hydrogen-bond acceptors (Lipinski definition) is 3. The van der Waals surface area contributed by atoms with Gasteiger partial charge in [-0.15, -0.1) is 11.3 Å². The summed E-state index contributed by atoms with van der Waals surface area (Å²) in [5, 5.41) is 5.17. The molecule has 2 rings (SSSR count). The number of thiophene rings is 1. The van der Waals surface area contributed by atoms with E-state index in [-0.39, 0.29) is 11.8 Å². The molecular formula is C14H22N2OS. The van der Waals surface area contributed by atoms with Crippen molar-refractivity contribution in [3.8, 4) is 0 Å². The van der Waals surface area contributed by atoms with Crippen molar-refractivity contribution in [1.82, 2.24) is 5.32 Å². The van der Waals surface area contributed by atoms with Gasteiger partial charge in [0, 0.05) is 16.8 Å². The highest BCUT2D eigenvalue weighted by Crippen LogP contribution is 2.23. The van der Waals surface area contributed by atoms with E-state index in [1.807, 2.05) is 0 Å². The Hall–Kier alpha value is -0.870. The lowest BCUT2D eigenvalue weighted by Gasteiger charge is -2.25. The summed E-state index contributed by atoms with van der Waals surface area (Å²) in [5.74, 6) is 0.382. The van der Waals surface area contributed by atoms with Gasteiger partial charge in [-0.2, -0.15) is 0 Å². The molecule has 3 N–H and O–H groups in total. The second-order valence-electron chi connectivity index (χ2n) is 5.05. The zero-order valence-corrected chi connectivity index (χ0v) is 11.8. The molecule has 0 aromatic carbocycles. The molecule has 0 bridgehead atoms. The number of nitrogens with two attached hydrogens (primary N) is 1. The van der Waals surface area contributed by atoms with Crippen molar-refractivity contribution in [2.45, 2.75) is 51.6 Å². The number of hydrogen-bond donors (Lipinski definition) is 2.